The minimum Gasteiger partial charge on any atom is -0.325 e. The van der Waals surface area contributed by atoms with Crippen molar-refractivity contribution in [3.8, 4) is 0 Å². The van der Waals surface area contributed by atoms with Gasteiger partial charge >= 0.3 is 0 Å². The van der Waals surface area contributed by atoms with Crippen molar-refractivity contribution >= 4 is 34.8 Å². The standard InChI is InChI=1S/C15H20Cl2N2O/c1-10-3-11(2)8-19(7-10)9-15(20)18-14-5-12(16)4-13(17)6-14/h4-6,10-11H,3,7-9H2,1-2H3,(H,18,20)/t10-,11-/m0/s1. The molecule has 5 heteroatoms. The number of rotatable bonds is 3. The first-order valence-corrected chi connectivity index (χ1v) is 7.66. The van der Waals surface area contributed by atoms with E-state index < -0.39 is 0 Å². The zero-order valence-corrected chi connectivity index (χ0v) is 13.3. The van der Waals surface area contributed by atoms with Crippen LogP contribution in [0.4, 0.5) is 5.69 Å². The Morgan fingerprint density at radius 3 is 2.30 bits per heavy atom. The van der Waals surface area contributed by atoms with Crippen molar-refractivity contribution in [2.75, 3.05) is 25.0 Å². The second-order valence-corrected chi connectivity index (χ2v) is 6.72. The molecule has 1 N–H and O–H groups in total. The summed E-state index contributed by atoms with van der Waals surface area (Å²) in [5, 5.41) is 3.89. The van der Waals surface area contributed by atoms with Crippen LogP contribution in [0.15, 0.2) is 18.2 Å². The maximum atomic E-state index is 12.1. The maximum Gasteiger partial charge on any atom is 0.238 e. The molecular weight excluding hydrogens is 295 g/mol. The van der Waals surface area contributed by atoms with Crippen molar-refractivity contribution < 1.29 is 4.79 Å². The van der Waals surface area contributed by atoms with Gasteiger partial charge in [0.25, 0.3) is 0 Å². The molecule has 20 heavy (non-hydrogen) atoms. The highest BCUT2D eigenvalue weighted by Gasteiger charge is 2.23. The number of carbonyl (C=O) groups is 1. The number of anilines is 1. The van der Waals surface area contributed by atoms with E-state index in [1.54, 1.807) is 18.2 Å². The molecule has 110 valence electrons. The molecule has 0 unspecified atom stereocenters. The Kier molecular flexibility index (Phi) is 5.30. The van der Waals surface area contributed by atoms with Crippen LogP contribution in [-0.4, -0.2) is 30.4 Å². The van der Waals surface area contributed by atoms with Gasteiger partial charge in [-0.15, -0.1) is 0 Å². The number of amides is 1. The fourth-order valence-corrected chi connectivity index (χ4v) is 3.48. The van der Waals surface area contributed by atoms with Gasteiger partial charge in [0, 0.05) is 28.8 Å². The molecule has 2 atom stereocenters. The van der Waals surface area contributed by atoms with Crippen LogP contribution in [-0.2, 0) is 4.79 Å². The highest BCUT2D eigenvalue weighted by molar-refractivity contribution is 6.35. The number of benzene rings is 1. The normalized spacial score (nSPS) is 23.6. The number of hydrogen-bond acceptors (Lipinski definition) is 2. The number of likely N-dealkylation sites (tertiary alicyclic amines) is 1. The van der Waals surface area contributed by atoms with Gasteiger partial charge in [-0.05, 0) is 36.5 Å². The van der Waals surface area contributed by atoms with E-state index in [-0.39, 0.29) is 5.91 Å². The predicted molar refractivity (Wildman–Crippen MR) is 84.5 cm³/mol. The summed E-state index contributed by atoms with van der Waals surface area (Å²) in [7, 11) is 0. The summed E-state index contributed by atoms with van der Waals surface area (Å²) in [4.78, 5) is 14.3. The minimum atomic E-state index is -0.0235. The Morgan fingerprint density at radius 2 is 1.75 bits per heavy atom. The van der Waals surface area contributed by atoms with Crippen LogP contribution >= 0.6 is 23.2 Å². The SMILES string of the molecule is C[C@H]1C[C@H](C)CN(CC(=O)Nc2cc(Cl)cc(Cl)c2)C1. The predicted octanol–water partition coefficient (Wildman–Crippen LogP) is 3.91. The minimum absolute atomic E-state index is 0.0235. The summed E-state index contributed by atoms with van der Waals surface area (Å²) >= 11 is 11.8. The van der Waals surface area contributed by atoms with E-state index in [4.69, 9.17) is 23.2 Å². The third kappa shape index (κ3) is 4.65. The molecule has 0 bridgehead atoms. The van der Waals surface area contributed by atoms with Crippen LogP contribution < -0.4 is 5.32 Å². The molecule has 0 aliphatic carbocycles. The second-order valence-electron chi connectivity index (χ2n) is 5.85. The number of nitrogens with zero attached hydrogens (tertiary/aromatic N) is 1. The van der Waals surface area contributed by atoms with Crippen molar-refractivity contribution in [1.29, 1.82) is 0 Å². The van der Waals surface area contributed by atoms with Crippen LogP contribution in [0.5, 0.6) is 0 Å². The quantitative estimate of drug-likeness (QED) is 0.917. The van der Waals surface area contributed by atoms with E-state index in [9.17, 15) is 4.79 Å². The molecule has 1 saturated heterocycles. The van der Waals surface area contributed by atoms with Gasteiger partial charge in [0.2, 0.25) is 5.91 Å². The van der Waals surface area contributed by atoms with Gasteiger partial charge in [0.05, 0.1) is 6.54 Å². The summed E-state index contributed by atoms with van der Waals surface area (Å²) in [6.45, 7) is 6.84. The van der Waals surface area contributed by atoms with E-state index in [0.29, 0.717) is 34.1 Å². The Balaban J connectivity index is 1.92. The third-order valence-corrected chi connectivity index (χ3v) is 3.89. The lowest BCUT2D eigenvalue weighted by atomic mass is 9.92. The Labute approximate surface area is 130 Å². The number of nitrogens with one attached hydrogen (secondary N) is 1. The van der Waals surface area contributed by atoms with Crippen molar-refractivity contribution in [2.24, 2.45) is 11.8 Å². The van der Waals surface area contributed by atoms with Crippen molar-refractivity contribution in [3.05, 3.63) is 28.2 Å². The fraction of sp³-hybridized carbons (Fsp3) is 0.533. The molecule has 0 aromatic heterocycles. The van der Waals surface area contributed by atoms with E-state index in [0.717, 1.165) is 13.1 Å². The van der Waals surface area contributed by atoms with Crippen LogP contribution in [0.2, 0.25) is 10.0 Å². The highest BCUT2D eigenvalue weighted by atomic mass is 35.5. The summed E-state index contributed by atoms with van der Waals surface area (Å²) < 4.78 is 0. The summed E-state index contributed by atoms with van der Waals surface area (Å²) in [6.07, 6.45) is 1.24. The number of piperidine rings is 1. The van der Waals surface area contributed by atoms with E-state index in [2.05, 4.69) is 24.1 Å². The van der Waals surface area contributed by atoms with Gasteiger partial charge < -0.3 is 5.32 Å². The maximum absolute atomic E-state index is 12.1. The zero-order valence-electron chi connectivity index (χ0n) is 11.8. The van der Waals surface area contributed by atoms with E-state index in [1.807, 2.05) is 0 Å². The lowest BCUT2D eigenvalue weighted by Crippen LogP contribution is -2.42. The zero-order chi connectivity index (χ0) is 14.7. The third-order valence-electron chi connectivity index (χ3n) is 3.46. The first-order chi connectivity index (χ1) is 9.42. The molecule has 1 heterocycles. The Hall–Kier alpha value is -0.770. The average molecular weight is 315 g/mol. The molecule has 3 nitrogen and oxygen atoms in total. The molecule has 1 aliphatic heterocycles. The number of halogens is 2. The number of carbonyl (C=O) groups excluding carboxylic acids is 1. The molecule has 1 amide bonds. The van der Waals surface area contributed by atoms with Gasteiger partial charge in [0.15, 0.2) is 0 Å². The Bertz CT molecular complexity index is 463. The van der Waals surface area contributed by atoms with Gasteiger partial charge in [-0.1, -0.05) is 37.0 Å². The smallest absolute Gasteiger partial charge is 0.238 e. The lowest BCUT2D eigenvalue weighted by molar-refractivity contribution is -0.117. The molecule has 0 radical (unpaired) electrons. The topological polar surface area (TPSA) is 32.3 Å². The first kappa shape index (κ1) is 15.6. The van der Waals surface area contributed by atoms with E-state index in [1.165, 1.54) is 6.42 Å². The van der Waals surface area contributed by atoms with Crippen molar-refractivity contribution in [2.45, 2.75) is 20.3 Å². The molecule has 0 saturated carbocycles. The van der Waals surface area contributed by atoms with Gasteiger partial charge in [0.1, 0.15) is 0 Å². The highest BCUT2D eigenvalue weighted by Crippen LogP contribution is 2.23. The van der Waals surface area contributed by atoms with Crippen molar-refractivity contribution in [1.82, 2.24) is 4.90 Å². The molecule has 2 rings (SSSR count). The monoisotopic (exact) mass is 314 g/mol. The van der Waals surface area contributed by atoms with Gasteiger partial charge in [-0.2, -0.15) is 0 Å². The van der Waals surface area contributed by atoms with Crippen LogP contribution in [0.25, 0.3) is 0 Å². The summed E-state index contributed by atoms with van der Waals surface area (Å²) in [5.41, 5.74) is 0.644. The lowest BCUT2D eigenvalue weighted by Gasteiger charge is -2.34. The molecule has 1 aromatic rings. The average Bonchev–Trinajstić information content (AvgIpc) is 2.24. The Morgan fingerprint density at radius 1 is 1.20 bits per heavy atom. The first-order valence-electron chi connectivity index (χ1n) is 6.90. The molecule has 1 fully saturated rings. The van der Waals surface area contributed by atoms with Crippen LogP contribution in [0.1, 0.15) is 20.3 Å². The summed E-state index contributed by atoms with van der Waals surface area (Å²) in [6, 6.07) is 5.05. The molecule has 0 spiro atoms. The van der Waals surface area contributed by atoms with E-state index >= 15 is 0 Å². The largest absolute Gasteiger partial charge is 0.325 e. The van der Waals surface area contributed by atoms with Crippen molar-refractivity contribution in [3.63, 3.8) is 0 Å². The molecule has 1 aliphatic rings. The van der Waals surface area contributed by atoms with Crippen LogP contribution in [0, 0.1) is 11.8 Å². The molecular formula is C15H20Cl2N2O. The van der Waals surface area contributed by atoms with Gasteiger partial charge in [-0.25, -0.2) is 0 Å². The number of hydrogen-bond donors (Lipinski definition) is 1. The van der Waals surface area contributed by atoms with Crippen LogP contribution in [0.3, 0.4) is 0 Å². The fourth-order valence-electron chi connectivity index (χ4n) is 2.95. The second kappa shape index (κ2) is 6.79. The summed E-state index contributed by atoms with van der Waals surface area (Å²) in [5.74, 6) is 1.27. The molecule has 1 aromatic carbocycles. The van der Waals surface area contributed by atoms with Gasteiger partial charge in [-0.3, -0.25) is 9.69 Å².